The number of carbonyl (C=O) groups excluding carboxylic acids is 1. The molecule has 4 aliphatic rings. The van der Waals surface area contributed by atoms with Gasteiger partial charge in [0.2, 0.25) is 0 Å². The molecule has 4 nitrogen and oxygen atoms in total. The van der Waals surface area contributed by atoms with E-state index in [1.165, 1.54) is 64.9 Å². The zero-order chi connectivity index (χ0) is 22.2. The number of methoxy groups -OCH3 is 1. The summed E-state index contributed by atoms with van der Waals surface area (Å²) in [4.78, 5) is 11.7. The molecular weight excluding hydrogens is 386 g/mol. The van der Waals surface area contributed by atoms with E-state index in [9.17, 15) is 9.90 Å². The van der Waals surface area contributed by atoms with Gasteiger partial charge in [-0.25, -0.2) is 0 Å². The van der Waals surface area contributed by atoms with Gasteiger partial charge in [0.15, 0.2) is 0 Å². The third kappa shape index (κ3) is 4.21. The first-order chi connectivity index (χ1) is 14.8. The highest BCUT2D eigenvalue weighted by atomic mass is 16.5. The molecule has 178 valence electrons. The lowest BCUT2D eigenvalue weighted by Gasteiger charge is -2.61. The van der Waals surface area contributed by atoms with Crippen LogP contribution >= 0.6 is 0 Å². The molecule has 0 spiro atoms. The fourth-order valence-electron chi connectivity index (χ4n) is 9.34. The minimum Gasteiger partial charge on any atom is -0.469 e. The Morgan fingerprint density at radius 3 is 2.55 bits per heavy atom. The Labute approximate surface area is 190 Å². The molecule has 0 heterocycles. The van der Waals surface area contributed by atoms with Crippen molar-refractivity contribution in [3.63, 3.8) is 0 Å². The van der Waals surface area contributed by atoms with Crippen molar-refractivity contribution in [1.82, 2.24) is 5.32 Å². The molecule has 0 radical (unpaired) electrons. The van der Waals surface area contributed by atoms with Crippen LogP contribution in [0.1, 0.15) is 91.4 Å². The summed E-state index contributed by atoms with van der Waals surface area (Å²) in [6.07, 6.45) is 13.9. The van der Waals surface area contributed by atoms with Crippen molar-refractivity contribution in [2.75, 3.05) is 20.3 Å². The Kier molecular flexibility index (Phi) is 7.09. The Morgan fingerprint density at radius 2 is 1.81 bits per heavy atom. The van der Waals surface area contributed by atoms with E-state index >= 15 is 0 Å². The monoisotopic (exact) mass is 433 g/mol. The Bertz CT molecular complexity index is 638. The van der Waals surface area contributed by atoms with Crippen LogP contribution in [0.3, 0.4) is 0 Å². The van der Waals surface area contributed by atoms with Gasteiger partial charge in [-0.15, -0.1) is 0 Å². The normalized spacial score (nSPS) is 45.3. The Balaban J connectivity index is 1.43. The number of fused-ring (bicyclic) bond motifs is 5. The molecule has 0 amide bonds. The molecule has 4 rings (SSSR count). The lowest BCUT2D eigenvalue weighted by molar-refractivity contribution is -0.141. The SMILES string of the molecule is COC(=O)CC[C@@H](C)[C@H]1CCC2C3CC[C@@H]4CC(NCCO)CC[C@]4(C)C3CC[C@@]21C. The number of esters is 1. The van der Waals surface area contributed by atoms with Crippen molar-refractivity contribution >= 4 is 5.97 Å². The van der Waals surface area contributed by atoms with Crippen LogP contribution in [0.25, 0.3) is 0 Å². The third-order valence-electron chi connectivity index (χ3n) is 11.0. The Morgan fingerprint density at radius 1 is 1.06 bits per heavy atom. The van der Waals surface area contributed by atoms with E-state index in [2.05, 4.69) is 26.1 Å². The van der Waals surface area contributed by atoms with Crippen LogP contribution in [0, 0.1) is 46.3 Å². The van der Waals surface area contributed by atoms with E-state index in [4.69, 9.17) is 4.74 Å². The zero-order valence-corrected chi connectivity index (χ0v) is 20.5. The molecule has 2 N–H and O–H groups in total. The van der Waals surface area contributed by atoms with E-state index in [1.807, 2.05) is 0 Å². The molecule has 0 saturated heterocycles. The highest BCUT2D eigenvalue weighted by Crippen LogP contribution is 2.68. The number of carbonyl (C=O) groups is 1. The molecular formula is C27H47NO3. The molecule has 0 aromatic rings. The minimum atomic E-state index is -0.0504. The van der Waals surface area contributed by atoms with Gasteiger partial charge in [-0.3, -0.25) is 4.79 Å². The first-order valence-electron chi connectivity index (χ1n) is 13.2. The maximum absolute atomic E-state index is 11.7. The maximum atomic E-state index is 11.7. The molecule has 9 atom stereocenters. The van der Waals surface area contributed by atoms with Gasteiger partial charge in [0.1, 0.15) is 0 Å². The first kappa shape index (κ1) is 23.5. The average Bonchev–Trinajstić information content (AvgIpc) is 3.13. The van der Waals surface area contributed by atoms with Crippen molar-refractivity contribution in [3.8, 4) is 0 Å². The van der Waals surface area contributed by atoms with Crippen LogP contribution < -0.4 is 5.32 Å². The summed E-state index contributed by atoms with van der Waals surface area (Å²) in [6.45, 7) is 8.65. The molecule has 4 saturated carbocycles. The van der Waals surface area contributed by atoms with Crippen molar-refractivity contribution in [2.45, 2.75) is 97.4 Å². The summed E-state index contributed by atoms with van der Waals surface area (Å²) in [6, 6.07) is 0.613. The van der Waals surface area contributed by atoms with Crippen LogP contribution in [-0.4, -0.2) is 37.4 Å². The van der Waals surface area contributed by atoms with Gasteiger partial charge < -0.3 is 15.2 Å². The molecule has 0 aromatic carbocycles. The van der Waals surface area contributed by atoms with E-state index in [0.29, 0.717) is 29.2 Å². The predicted molar refractivity (Wildman–Crippen MR) is 125 cm³/mol. The van der Waals surface area contributed by atoms with Crippen LogP contribution in [0.5, 0.6) is 0 Å². The summed E-state index contributed by atoms with van der Waals surface area (Å²) in [7, 11) is 1.51. The largest absolute Gasteiger partial charge is 0.469 e. The number of nitrogens with one attached hydrogen (secondary N) is 1. The lowest BCUT2D eigenvalue weighted by Crippen LogP contribution is -2.55. The fraction of sp³-hybridized carbons (Fsp3) is 0.963. The van der Waals surface area contributed by atoms with Crippen molar-refractivity contribution in [1.29, 1.82) is 0 Å². The third-order valence-corrected chi connectivity index (χ3v) is 11.0. The van der Waals surface area contributed by atoms with E-state index in [0.717, 1.165) is 42.6 Å². The molecule has 4 heteroatoms. The standard InChI is InChI=1S/C27H47NO3/c1-18(5-10-25(30)31-4)22-8-9-23-21-7-6-19-17-20(28-15-16-29)11-13-26(19,2)24(21)12-14-27(22,23)3/h18-24,28-29H,5-17H2,1-4H3/t18-,19-,20?,21?,22-,23?,24?,26+,27-/m1/s1. The summed E-state index contributed by atoms with van der Waals surface area (Å²) in [5, 5.41) is 12.8. The van der Waals surface area contributed by atoms with Gasteiger partial charge in [0.05, 0.1) is 13.7 Å². The van der Waals surface area contributed by atoms with E-state index < -0.39 is 0 Å². The van der Waals surface area contributed by atoms with Gasteiger partial charge in [0, 0.05) is 19.0 Å². The smallest absolute Gasteiger partial charge is 0.305 e. The number of rotatable bonds is 7. The summed E-state index contributed by atoms with van der Waals surface area (Å²) < 4.78 is 4.90. The molecule has 0 aliphatic heterocycles. The van der Waals surface area contributed by atoms with Crippen molar-refractivity contribution in [2.24, 2.45) is 46.3 Å². The van der Waals surface area contributed by atoms with Crippen LogP contribution in [0.15, 0.2) is 0 Å². The van der Waals surface area contributed by atoms with Gasteiger partial charge in [0.25, 0.3) is 0 Å². The Hall–Kier alpha value is -0.610. The van der Waals surface area contributed by atoms with Gasteiger partial charge >= 0.3 is 5.97 Å². The summed E-state index contributed by atoms with van der Waals surface area (Å²) >= 11 is 0. The minimum absolute atomic E-state index is 0.0504. The molecule has 0 aromatic heterocycles. The number of hydrogen-bond donors (Lipinski definition) is 2. The second kappa shape index (κ2) is 9.33. The zero-order valence-electron chi connectivity index (χ0n) is 20.5. The maximum Gasteiger partial charge on any atom is 0.305 e. The average molecular weight is 434 g/mol. The summed E-state index contributed by atoms with van der Waals surface area (Å²) in [5.74, 6) is 4.91. The predicted octanol–water partition coefficient (Wildman–Crippen LogP) is 5.19. The number of ether oxygens (including phenoxy) is 1. The van der Waals surface area contributed by atoms with E-state index in [1.54, 1.807) is 0 Å². The fourth-order valence-corrected chi connectivity index (χ4v) is 9.34. The number of aliphatic hydroxyl groups is 1. The second-order valence-corrected chi connectivity index (χ2v) is 12.1. The number of hydrogen-bond acceptors (Lipinski definition) is 4. The highest BCUT2D eigenvalue weighted by molar-refractivity contribution is 5.69. The number of aliphatic hydroxyl groups excluding tert-OH is 1. The molecule has 4 unspecified atom stereocenters. The van der Waals surface area contributed by atoms with Crippen LogP contribution in [0.2, 0.25) is 0 Å². The second-order valence-electron chi connectivity index (χ2n) is 12.1. The molecule has 4 fully saturated rings. The molecule has 0 bridgehead atoms. The molecule has 4 aliphatic carbocycles. The van der Waals surface area contributed by atoms with Crippen molar-refractivity contribution in [3.05, 3.63) is 0 Å². The molecule has 31 heavy (non-hydrogen) atoms. The van der Waals surface area contributed by atoms with Gasteiger partial charge in [-0.05, 0) is 111 Å². The van der Waals surface area contributed by atoms with Gasteiger partial charge in [-0.2, -0.15) is 0 Å². The summed E-state index contributed by atoms with van der Waals surface area (Å²) in [5.41, 5.74) is 0.996. The topological polar surface area (TPSA) is 58.6 Å². The van der Waals surface area contributed by atoms with E-state index in [-0.39, 0.29) is 12.6 Å². The van der Waals surface area contributed by atoms with Crippen LogP contribution in [0.4, 0.5) is 0 Å². The quantitative estimate of drug-likeness (QED) is 0.543. The van der Waals surface area contributed by atoms with Crippen molar-refractivity contribution < 1.29 is 14.6 Å². The van der Waals surface area contributed by atoms with Crippen LogP contribution in [-0.2, 0) is 9.53 Å². The highest BCUT2D eigenvalue weighted by Gasteiger charge is 2.60. The first-order valence-corrected chi connectivity index (χ1v) is 13.2. The lowest BCUT2D eigenvalue weighted by atomic mass is 9.44. The van der Waals surface area contributed by atoms with Gasteiger partial charge in [-0.1, -0.05) is 20.8 Å².